The van der Waals surface area contributed by atoms with Gasteiger partial charge in [0.05, 0.1) is 46.2 Å². The fraction of sp³-hybridized carbons (Fsp3) is 0.929. The molecule has 7 nitrogen and oxygen atoms in total. The van der Waals surface area contributed by atoms with Crippen molar-refractivity contribution in [2.75, 3.05) is 65.9 Å². The lowest BCUT2D eigenvalue weighted by Crippen LogP contribution is -2.29. The molecule has 0 rings (SSSR count). The summed E-state index contributed by atoms with van der Waals surface area (Å²) < 4.78 is 20.9. The highest BCUT2D eigenvalue weighted by Gasteiger charge is 1.99. The highest BCUT2D eigenvalue weighted by atomic mass is 16.6. The molecule has 0 unspecified atom stereocenters. The highest BCUT2D eigenvalue weighted by Crippen LogP contribution is 1.84. The van der Waals surface area contributed by atoms with Crippen molar-refractivity contribution in [2.45, 2.75) is 19.8 Å². The van der Waals surface area contributed by atoms with E-state index in [0.717, 1.165) is 12.8 Å². The predicted octanol–water partition coefficient (Wildman–Crippen LogP) is -0.0722. The van der Waals surface area contributed by atoms with Crippen LogP contribution in [0.3, 0.4) is 0 Å². The van der Waals surface area contributed by atoms with Gasteiger partial charge in [-0.2, -0.15) is 0 Å². The number of hydrogen-bond acceptors (Lipinski definition) is 6. The number of ether oxygens (including phenoxy) is 4. The fourth-order valence-corrected chi connectivity index (χ4v) is 1.36. The third-order valence-corrected chi connectivity index (χ3v) is 2.46. The first kappa shape index (κ1) is 20.3. The van der Waals surface area contributed by atoms with Gasteiger partial charge in [-0.3, -0.25) is 4.79 Å². The Morgan fingerprint density at radius 2 is 1.43 bits per heavy atom. The van der Waals surface area contributed by atoms with E-state index in [-0.39, 0.29) is 12.5 Å². The Labute approximate surface area is 127 Å². The summed E-state index contributed by atoms with van der Waals surface area (Å²) in [7, 11) is 0. The molecule has 0 atom stereocenters. The molecule has 0 radical (unpaired) electrons. The van der Waals surface area contributed by atoms with Gasteiger partial charge >= 0.3 is 0 Å². The Hall–Kier alpha value is -0.730. The fourth-order valence-electron chi connectivity index (χ4n) is 1.36. The van der Waals surface area contributed by atoms with E-state index >= 15 is 0 Å². The summed E-state index contributed by atoms with van der Waals surface area (Å²) in [5, 5.41) is 2.78. The predicted molar refractivity (Wildman–Crippen MR) is 80.2 cm³/mol. The van der Waals surface area contributed by atoms with Gasteiger partial charge < -0.3 is 30.0 Å². The quantitative estimate of drug-likeness (QED) is 0.388. The lowest BCUT2D eigenvalue weighted by Gasteiger charge is -2.07. The summed E-state index contributed by atoms with van der Waals surface area (Å²) in [6, 6.07) is 0. The van der Waals surface area contributed by atoms with E-state index in [1.807, 2.05) is 0 Å². The largest absolute Gasteiger partial charge is 0.378 e. The van der Waals surface area contributed by atoms with Gasteiger partial charge in [-0.05, 0) is 6.42 Å². The first-order chi connectivity index (χ1) is 10.3. The molecule has 0 spiro atoms. The average Bonchev–Trinajstić information content (AvgIpc) is 2.48. The van der Waals surface area contributed by atoms with Crippen LogP contribution in [0.2, 0.25) is 0 Å². The van der Waals surface area contributed by atoms with Crippen molar-refractivity contribution in [1.29, 1.82) is 0 Å². The zero-order valence-corrected chi connectivity index (χ0v) is 13.1. The molecular formula is C14H30N2O5. The minimum Gasteiger partial charge on any atom is -0.378 e. The second-order valence-electron chi connectivity index (χ2n) is 4.38. The summed E-state index contributed by atoms with van der Waals surface area (Å²) in [6.07, 6.45) is 2.06. The molecule has 0 heterocycles. The van der Waals surface area contributed by atoms with Gasteiger partial charge in [0.15, 0.2) is 0 Å². The summed E-state index contributed by atoms with van der Waals surface area (Å²) in [6.45, 7) is 6.93. The van der Waals surface area contributed by atoms with Crippen molar-refractivity contribution in [3.8, 4) is 0 Å². The third-order valence-electron chi connectivity index (χ3n) is 2.46. The highest BCUT2D eigenvalue weighted by molar-refractivity contribution is 5.77. The minimum atomic E-state index is -0.0794. The van der Waals surface area contributed by atoms with Gasteiger partial charge in [-0.15, -0.1) is 0 Å². The van der Waals surface area contributed by atoms with Crippen LogP contribution in [0.5, 0.6) is 0 Å². The van der Waals surface area contributed by atoms with Crippen molar-refractivity contribution in [2.24, 2.45) is 5.73 Å². The molecule has 0 aliphatic carbocycles. The Morgan fingerprint density at radius 3 is 1.95 bits per heavy atom. The van der Waals surface area contributed by atoms with Crippen LogP contribution < -0.4 is 11.1 Å². The zero-order chi connectivity index (χ0) is 15.6. The van der Waals surface area contributed by atoms with Crippen molar-refractivity contribution in [1.82, 2.24) is 5.32 Å². The van der Waals surface area contributed by atoms with Crippen LogP contribution in [0.4, 0.5) is 0 Å². The van der Waals surface area contributed by atoms with Crippen LogP contribution in [0.25, 0.3) is 0 Å². The molecule has 7 heteroatoms. The number of carbonyl (C=O) groups excluding carboxylic acids is 1. The molecular weight excluding hydrogens is 276 g/mol. The number of hydrogen-bond donors (Lipinski definition) is 2. The molecule has 126 valence electrons. The lowest BCUT2D eigenvalue weighted by atomic mass is 10.3. The maximum atomic E-state index is 11.3. The maximum Gasteiger partial charge on any atom is 0.245 e. The van der Waals surface area contributed by atoms with E-state index in [0.29, 0.717) is 59.3 Å². The van der Waals surface area contributed by atoms with E-state index in [9.17, 15) is 4.79 Å². The topological polar surface area (TPSA) is 92.0 Å². The summed E-state index contributed by atoms with van der Waals surface area (Å²) in [5.41, 5.74) is 5.28. The molecule has 0 saturated heterocycles. The zero-order valence-electron chi connectivity index (χ0n) is 13.1. The SMILES string of the molecule is CCCCNC(=O)COCCOCCOCCOCCN. The van der Waals surface area contributed by atoms with Crippen molar-refractivity contribution < 1.29 is 23.7 Å². The van der Waals surface area contributed by atoms with Gasteiger partial charge in [0, 0.05) is 13.1 Å². The lowest BCUT2D eigenvalue weighted by molar-refractivity contribution is -0.126. The van der Waals surface area contributed by atoms with Gasteiger partial charge in [0.2, 0.25) is 5.91 Å². The summed E-state index contributed by atoms with van der Waals surface area (Å²) in [4.78, 5) is 11.3. The van der Waals surface area contributed by atoms with Crippen LogP contribution in [0.1, 0.15) is 19.8 Å². The van der Waals surface area contributed by atoms with Gasteiger partial charge in [-0.25, -0.2) is 0 Å². The Morgan fingerprint density at radius 1 is 0.905 bits per heavy atom. The van der Waals surface area contributed by atoms with Crippen molar-refractivity contribution in [3.63, 3.8) is 0 Å². The maximum absolute atomic E-state index is 11.3. The van der Waals surface area contributed by atoms with E-state index in [2.05, 4.69) is 12.2 Å². The Bertz CT molecular complexity index is 229. The van der Waals surface area contributed by atoms with Crippen molar-refractivity contribution in [3.05, 3.63) is 0 Å². The third kappa shape index (κ3) is 17.2. The molecule has 0 aromatic heterocycles. The molecule has 0 aromatic rings. The number of unbranched alkanes of at least 4 members (excludes halogenated alkanes) is 1. The van der Waals surface area contributed by atoms with Crippen molar-refractivity contribution >= 4 is 5.91 Å². The molecule has 0 bridgehead atoms. The second kappa shape index (κ2) is 17.3. The first-order valence-corrected chi connectivity index (χ1v) is 7.59. The van der Waals surface area contributed by atoms with E-state index in [1.54, 1.807) is 0 Å². The molecule has 0 aliphatic heterocycles. The van der Waals surface area contributed by atoms with Crippen LogP contribution in [0.15, 0.2) is 0 Å². The van der Waals surface area contributed by atoms with Gasteiger partial charge in [0.25, 0.3) is 0 Å². The monoisotopic (exact) mass is 306 g/mol. The molecule has 0 fully saturated rings. The Kier molecular flexibility index (Phi) is 16.7. The number of nitrogens with one attached hydrogen (secondary N) is 1. The molecule has 3 N–H and O–H groups in total. The molecule has 0 saturated carbocycles. The second-order valence-corrected chi connectivity index (χ2v) is 4.38. The van der Waals surface area contributed by atoms with E-state index in [4.69, 9.17) is 24.7 Å². The van der Waals surface area contributed by atoms with Crippen LogP contribution >= 0.6 is 0 Å². The number of nitrogens with two attached hydrogens (primary N) is 1. The smallest absolute Gasteiger partial charge is 0.245 e. The average molecular weight is 306 g/mol. The normalized spacial score (nSPS) is 10.8. The molecule has 21 heavy (non-hydrogen) atoms. The molecule has 0 aromatic carbocycles. The number of amides is 1. The van der Waals surface area contributed by atoms with Gasteiger partial charge in [0.1, 0.15) is 6.61 Å². The van der Waals surface area contributed by atoms with Crippen LogP contribution in [0, 0.1) is 0 Å². The Balaban J connectivity index is 3.06. The van der Waals surface area contributed by atoms with E-state index < -0.39 is 0 Å². The number of rotatable bonds is 16. The summed E-state index contributed by atoms with van der Waals surface area (Å²) >= 11 is 0. The molecule has 1 amide bonds. The van der Waals surface area contributed by atoms with E-state index in [1.165, 1.54) is 0 Å². The minimum absolute atomic E-state index is 0.0794. The summed E-state index contributed by atoms with van der Waals surface area (Å²) in [5.74, 6) is -0.0794. The van der Waals surface area contributed by atoms with Gasteiger partial charge in [-0.1, -0.05) is 13.3 Å². The first-order valence-electron chi connectivity index (χ1n) is 7.59. The van der Waals surface area contributed by atoms with Crippen LogP contribution in [-0.4, -0.2) is 71.9 Å². The van der Waals surface area contributed by atoms with Crippen LogP contribution in [-0.2, 0) is 23.7 Å². The molecule has 0 aliphatic rings. The number of carbonyl (C=O) groups is 1. The standard InChI is InChI=1S/C14H30N2O5/c1-2-3-5-16-14(17)13-21-12-11-20-10-9-19-8-7-18-6-4-15/h2-13,15H2,1H3,(H,16,17).